The van der Waals surface area contributed by atoms with Gasteiger partial charge in [-0.2, -0.15) is 0 Å². The third-order valence-electron chi connectivity index (χ3n) is 7.98. The summed E-state index contributed by atoms with van der Waals surface area (Å²) in [6.45, 7) is 16.8. The van der Waals surface area contributed by atoms with Crippen molar-refractivity contribution in [3.8, 4) is 0 Å². The van der Waals surface area contributed by atoms with Crippen LogP contribution in [0.5, 0.6) is 0 Å². The molecule has 0 unspecified atom stereocenters. The Morgan fingerprint density at radius 1 is 0.717 bits per heavy atom. The third-order valence-corrected chi connectivity index (χ3v) is 7.98. The van der Waals surface area contributed by atoms with E-state index in [4.69, 9.17) is 18.9 Å². The van der Waals surface area contributed by atoms with E-state index in [9.17, 15) is 24.0 Å². The topological polar surface area (TPSA) is 153 Å². The molecule has 0 saturated heterocycles. The number of ether oxygens (including phenoxy) is 4. The van der Waals surface area contributed by atoms with Crippen molar-refractivity contribution in [2.24, 2.45) is 0 Å². The summed E-state index contributed by atoms with van der Waals surface area (Å²) < 4.78 is 23.1. The SMILES string of the molecule is COC(C)(C)CCOC(C)(C)CCN(CC(=O)NCCNC(=O)CCN1C(=O)C=CC1=O)C(=O)CC(C)(C)OCCC(C)(C)OC. The smallest absolute Gasteiger partial charge is 0.253 e. The number of hydrogen-bond acceptors (Lipinski definition) is 9. The lowest BCUT2D eigenvalue weighted by Crippen LogP contribution is -2.46. The molecule has 0 atom stereocenters. The summed E-state index contributed by atoms with van der Waals surface area (Å²) in [6, 6.07) is 0. The van der Waals surface area contributed by atoms with Gasteiger partial charge >= 0.3 is 0 Å². The highest BCUT2D eigenvalue weighted by Crippen LogP contribution is 2.22. The highest BCUT2D eigenvalue weighted by Gasteiger charge is 2.30. The molecule has 0 radical (unpaired) electrons. The van der Waals surface area contributed by atoms with Crippen molar-refractivity contribution in [2.45, 2.75) is 110 Å². The molecule has 264 valence electrons. The Labute approximate surface area is 275 Å². The van der Waals surface area contributed by atoms with E-state index in [1.165, 1.54) is 17.1 Å². The van der Waals surface area contributed by atoms with E-state index in [-0.39, 0.29) is 67.9 Å². The van der Waals surface area contributed by atoms with Crippen LogP contribution >= 0.6 is 0 Å². The standard InChI is InChI=1S/C33H58N4O9/c1-30(2,43-9)15-21-45-32(5,6)14-20-36(29(42)23-33(7,8)46-22-16-31(3,4)44-10)24-26(39)35-18-17-34-25(38)13-19-37-27(40)11-12-28(37)41/h11-12H,13-24H2,1-10H3,(H,34,38)(H,35,39). The molecule has 0 bridgehead atoms. The van der Waals surface area contributed by atoms with Crippen molar-refractivity contribution >= 4 is 29.5 Å². The van der Waals surface area contributed by atoms with Gasteiger partial charge in [0, 0.05) is 59.0 Å². The second-order valence-corrected chi connectivity index (χ2v) is 14.0. The first-order valence-corrected chi connectivity index (χ1v) is 15.9. The van der Waals surface area contributed by atoms with Crippen LogP contribution in [-0.4, -0.2) is 122 Å². The molecule has 0 aromatic heterocycles. The molecule has 1 aliphatic heterocycles. The number of rotatable bonds is 23. The lowest BCUT2D eigenvalue weighted by molar-refractivity contribution is -0.143. The van der Waals surface area contributed by atoms with Crippen LogP contribution in [0.15, 0.2) is 12.2 Å². The van der Waals surface area contributed by atoms with Gasteiger partial charge in [-0.25, -0.2) is 0 Å². The van der Waals surface area contributed by atoms with Crippen LogP contribution in [0.4, 0.5) is 0 Å². The quantitative estimate of drug-likeness (QED) is 0.125. The highest BCUT2D eigenvalue weighted by atomic mass is 16.5. The average Bonchev–Trinajstić information content (AvgIpc) is 3.27. The van der Waals surface area contributed by atoms with Gasteiger partial charge in [0.1, 0.15) is 0 Å². The third kappa shape index (κ3) is 16.6. The predicted molar refractivity (Wildman–Crippen MR) is 174 cm³/mol. The molecule has 46 heavy (non-hydrogen) atoms. The first-order chi connectivity index (χ1) is 21.2. The van der Waals surface area contributed by atoms with Crippen molar-refractivity contribution in [3.05, 3.63) is 12.2 Å². The molecule has 0 aliphatic carbocycles. The molecule has 1 rings (SSSR count). The minimum Gasteiger partial charge on any atom is -0.379 e. The maximum atomic E-state index is 13.5. The fourth-order valence-corrected chi connectivity index (χ4v) is 4.23. The van der Waals surface area contributed by atoms with Crippen molar-refractivity contribution in [3.63, 3.8) is 0 Å². The van der Waals surface area contributed by atoms with Crippen LogP contribution in [0.2, 0.25) is 0 Å². The van der Waals surface area contributed by atoms with Crippen LogP contribution in [0.25, 0.3) is 0 Å². The fraction of sp³-hybridized carbons (Fsp3) is 0.788. The molecule has 0 aromatic carbocycles. The van der Waals surface area contributed by atoms with Gasteiger partial charge in [0.2, 0.25) is 17.7 Å². The van der Waals surface area contributed by atoms with Crippen molar-refractivity contribution in [1.82, 2.24) is 20.4 Å². The van der Waals surface area contributed by atoms with Crippen LogP contribution in [0.3, 0.4) is 0 Å². The van der Waals surface area contributed by atoms with Gasteiger partial charge in [0.25, 0.3) is 11.8 Å². The molecule has 0 aromatic rings. The van der Waals surface area contributed by atoms with Gasteiger partial charge in [-0.05, 0) is 74.7 Å². The summed E-state index contributed by atoms with van der Waals surface area (Å²) in [7, 11) is 3.31. The minimum absolute atomic E-state index is 0.0195. The van der Waals surface area contributed by atoms with E-state index in [1.54, 1.807) is 14.2 Å². The van der Waals surface area contributed by atoms with Gasteiger partial charge in [0.05, 0.1) is 48.6 Å². The number of hydrogen-bond donors (Lipinski definition) is 2. The van der Waals surface area contributed by atoms with Gasteiger partial charge in [-0.1, -0.05) is 0 Å². The van der Waals surface area contributed by atoms with Gasteiger partial charge < -0.3 is 34.5 Å². The molecule has 0 saturated carbocycles. The number of amides is 5. The van der Waals surface area contributed by atoms with E-state index >= 15 is 0 Å². The maximum absolute atomic E-state index is 13.5. The Kier molecular flexibility index (Phi) is 16.5. The zero-order valence-corrected chi connectivity index (χ0v) is 29.7. The molecular weight excluding hydrogens is 596 g/mol. The summed E-state index contributed by atoms with van der Waals surface area (Å²) >= 11 is 0. The Morgan fingerprint density at radius 2 is 1.20 bits per heavy atom. The number of imide groups is 1. The number of carbonyl (C=O) groups excluding carboxylic acids is 5. The van der Waals surface area contributed by atoms with Gasteiger partial charge in [-0.3, -0.25) is 28.9 Å². The summed E-state index contributed by atoms with van der Waals surface area (Å²) in [5, 5.41) is 5.40. The summed E-state index contributed by atoms with van der Waals surface area (Å²) in [5.74, 6) is -1.84. The van der Waals surface area contributed by atoms with Gasteiger partial charge in [-0.15, -0.1) is 0 Å². The molecule has 0 spiro atoms. The predicted octanol–water partition coefficient (Wildman–Crippen LogP) is 2.36. The lowest BCUT2D eigenvalue weighted by atomic mass is 10.0. The minimum atomic E-state index is -0.766. The number of nitrogens with zero attached hydrogens (tertiary/aromatic N) is 2. The molecule has 5 amide bonds. The van der Waals surface area contributed by atoms with Gasteiger partial charge in [0.15, 0.2) is 0 Å². The first kappa shape index (κ1) is 41.2. The molecule has 13 nitrogen and oxygen atoms in total. The number of methoxy groups -OCH3 is 2. The molecular formula is C33H58N4O9. The Bertz CT molecular complexity index is 1050. The van der Waals surface area contributed by atoms with E-state index in [0.717, 1.165) is 4.90 Å². The monoisotopic (exact) mass is 654 g/mol. The second-order valence-electron chi connectivity index (χ2n) is 14.0. The van der Waals surface area contributed by atoms with Crippen molar-refractivity contribution in [2.75, 3.05) is 60.2 Å². The largest absolute Gasteiger partial charge is 0.379 e. The van der Waals surface area contributed by atoms with E-state index in [1.807, 2.05) is 55.4 Å². The average molecular weight is 655 g/mol. The van der Waals surface area contributed by atoms with Crippen LogP contribution < -0.4 is 10.6 Å². The summed E-state index contributed by atoms with van der Waals surface area (Å²) in [6.07, 6.45) is 4.21. The Balaban J connectivity index is 2.71. The maximum Gasteiger partial charge on any atom is 0.253 e. The van der Waals surface area contributed by atoms with Crippen LogP contribution in [0.1, 0.15) is 87.5 Å². The van der Waals surface area contributed by atoms with Crippen LogP contribution in [0, 0.1) is 0 Å². The molecule has 0 fully saturated rings. The van der Waals surface area contributed by atoms with Crippen molar-refractivity contribution in [1.29, 1.82) is 0 Å². The highest BCUT2D eigenvalue weighted by molar-refractivity contribution is 6.13. The Hall–Kier alpha value is -2.87. The molecule has 2 N–H and O–H groups in total. The summed E-state index contributed by atoms with van der Waals surface area (Å²) in [4.78, 5) is 64.3. The summed E-state index contributed by atoms with van der Waals surface area (Å²) in [5.41, 5.74) is -1.99. The van der Waals surface area contributed by atoms with Crippen LogP contribution in [-0.2, 0) is 42.9 Å². The van der Waals surface area contributed by atoms with E-state index in [0.29, 0.717) is 39.0 Å². The van der Waals surface area contributed by atoms with E-state index in [2.05, 4.69) is 10.6 Å². The fourth-order valence-electron chi connectivity index (χ4n) is 4.23. The van der Waals surface area contributed by atoms with E-state index < -0.39 is 23.0 Å². The lowest BCUT2D eigenvalue weighted by Gasteiger charge is -2.33. The van der Waals surface area contributed by atoms with Crippen molar-refractivity contribution < 1.29 is 42.9 Å². The zero-order valence-electron chi connectivity index (χ0n) is 29.7. The molecule has 1 heterocycles. The second kappa shape index (κ2) is 18.5. The number of carbonyl (C=O) groups is 5. The number of nitrogens with one attached hydrogen (secondary N) is 2. The zero-order chi connectivity index (χ0) is 35.2. The molecule has 1 aliphatic rings. The first-order valence-electron chi connectivity index (χ1n) is 15.9. The Morgan fingerprint density at radius 3 is 1.70 bits per heavy atom. The molecule has 13 heteroatoms. The normalized spacial score (nSPS) is 14.2.